The molecule has 2 aromatic carbocycles. The van der Waals surface area contributed by atoms with Crippen molar-refractivity contribution in [3.8, 4) is 0 Å². The van der Waals surface area contributed by atoms with Crippen LogP contribution in [0, 0.1) is 6.92 Å². The lowest BCUT2D eigenvalue weighted by Crippen LogP contribution is -2.31. The van der Waals surface area contributed by atoms with Crippen LogP contribution in [0.1, 0.15) is 22.8 Å². The van der Waals surface area contributed by atoms with Crippen LogP contribution < -0.4 is 5.56 Å². The molecule has 0 N–H and O–H groups in total. The highest BCUT2D eigenvalue weighted by atomic mass is 32.2. The summed E-state index contributed by atoms with van der Waals surface area (Å²) < 4.78 is 26.0. The molecule has 7 nitrogen and oxygen atoms in total. The van der Waals surface area contributed by atoms with Gasteiger partial charge in [0.1, 0.15) is 10.4 Å². The van der Waals surface area contributed by atoms with Crippen LogP contribution in [-0.2, 0) is 10.0 Å². The molecule has 3 aromatic rings. The van der Waals surface area contributed by atoms with Crippen LogP contribution in [0.4, 0.5) is 0 Å². The average Bonchev–Trinajstić information content (AvgIpc) is 2.55. The number of rotatable bonds is 3. The van der Waals surface area contributed by atoms with Crippen molar-refractivity contribution in [1.82, 2.24) is 14.4 Å². The van der Waals surface area contributed by atoms with E-state index < -0.39 is 21.4 Å². The third-order valence-electron chi connectivity index (χ3n) is 3.56. The van der Waals surface area contributed by atoms with Crippen molar-refractivity contribution in [1.29, 1.82) is 0 Å². The van der Waals surface area contributed by atoms with Crippen LogP contribution >= 0.6 is 0 Å². The quantitative estimate of drug-likeness (QED) is 0.669. The largest absolute Gasteiger partial charge is 0.294 e. The fourth-order valence-electron chi connectivity index (χ4n) is 2.37. The van der Waals surface area contributed by atoms with E-state index in [1.165, 1.54) is 25.1 Å². The average molecular weight is 343 g/mol. The van der Waals surface area contributed by atoms with E-state index in [-0.39, 0.29) is 15.8 Å². The molecule has 0 bridgehead atoms. The van der Waals surface area contributed by atoms with E-state index in [4.69, 9.17) is 0 Å². The van der Waals surface area contributed by atoms with Crippen molar-refractivity contribution >= 4 is 26.7 Å². The van der Waals surface area contributed by atoms with Gasteiger partial charge in [-0.2, -0.15) is 8.42 Å². The molecule has 0 radical (unpaired) electrons. The minimum Gasteiger partial charge on any atom is -0.294 e. The third kappa shape index (κ3) is 2.50. The van der Waals surface area contributed by atoms with Gasteiger partial charge in [-0.1, -0.05) is 33.9 Å². The van der Waals surface area contributed by atoms with E-state index in [1.54, 1.807) is 31.2 Å². The highest BCUT2D eigenvalue weighted by Gasteiger charge is 2.25. The van der Waals surface area contributed by atoms with Crippen molar-refractivity contribution in [3.05, 3.63) is 63.9 Å². The van der Waals surface area contributed by atoms with E-state index in [0.717, 1.165) is 5.56 Å². The molecule has 0 aliphatic carbocycles. The van der Waals surface area contributed by atoms with Gasteiger partial charge in [-0.3, -0.25) is 9.59 Å². The molecule has 0 spiro atoms. The van der Waals surface area contributed by atoms with Crippen LogP contribution in [0.2, 0.25) is 0 Å². The number of fused-ring (bicyclic) bond motifs is 1. The maximum atomic E-state index is 12.8. The molecule has 24 heavy (non-hydrogen) atoms. The summed E-state index contributed by atoms with van der Waals surface area (Å²) in [5.41, 5.74) is 0.287. The number of Topliss-reactive ketones (excluding diaryl/α,β-unsaturated/α-hetero) is 1. The highest BCUT2D eigenvalue weighted by molar-refractivity contribution is 7.90. The first-order valence-corrected chi connectivity index (χ1v) is 8.48. The molecule has 122 valence electrons. The number of hydrogen-bond acceptors (Lipinski definition) is 6. The number of carbonyl (C=O) groups excluding carboxylic acids is 1. The second kappa shape index (κ2) is 5.64. The Morgan fingerprint density at radius 1 is 1.12 bits per heavy atom. The fraction of sp³-hybridized carbons (Fsp3) is 0.125. The third-order valence-corrected chi connectivity index (χ3v) is 5.17. The molecule has 1 heterocycles. The molecule has 0 saturated carbocycles. The number of nitrogens with zero attached hydrogens (tertiary/aromatic N) is 3. The van der Waals surface area contributed by atoms with Crippen molar-refractivity contribution in [2.45, 2.75) is 18.7 Å². The van der Waals surface area contributed by atoms with Crippen LogP contribution in [0.25, 0.3) is 10.9 Å². The predicted molar refractivity (Wildman–Crippen MR) is 87.6 cm³/mol. The van der Waals surface area contributed by atoms with Gasteiger partial charge in [-0.25, -0.2) is 0 Å². The summed E-state index contributed by atoms with van der Waals surface area (Å²) in [5.74, 6) is -0.424. The maximum Gasteiger partial charge on any atom is 0.292 e. The van der Waals surface area contributed by atoms with E-state index in [9.17, 15) is 18.0 Å². The fourth-order valence-corrected chi connectivity index (χ4v) is 3.75. The molecule has 8 heteroatoms. The number of hydrogen-bond donors (Lipinski definition) is 0. The lowest BCUT2D eigenvalue weighted by atomic mass is 10.1. The van der Waals surface area contributed by atoms with Crippen LogP contribution in [0.5, 0.6) is 0 Å². The second-order valence-electron chi connectivity index (χ2n) is 5.32. The number of ketones is 1. The molecular formula is C16H13N3O4S. The summed E-state index contributed by atoms with van der Waals surface area (Å²) in [6.07, 6.45) is 0. The molecular weight excluding hydrogens is 330 g/mol. The van der Waals surface area contributed by atoms with E-state index >= 15 is 0 Å². The van der Waals surface area contributed by atoms with Crippen LogP contribution in [0.15, 0.2) is 52.2 Å². The first kappa shape index (κ1) is 16.0. The zero-order valence-corrected chi connectivity index (χ0v) is 13.7. The molecule has 0 aliphatic heterocycles. The number of aromatic nitrogens is 3. The van der Waals surface area contributed by atoms with Crippen molar-refractivity contribution in [3.63, 3.8) is 0 Å². The Balaban J connectivity index is 2.33. The smallest absolute Gasteiger partial charge is 0.292 e. The lowest BCUT2D eigenvalue weighted by Gasteiger charge is -2.09. The van der Waals surface area contributed by atoms with Crippen molar-refractivity contribution in [2.24, 2.45) is 0 Å². The first-order chi connectivity index (χ1) is 11.3. The Hall–Kier alpha value is -2.87. The molecule has 0 saturated heterocycles. The molecule has 3 rings (SSSR count). The van der Waals surface area contributed by atoms with Gasteiger partial charge in [0.2, 0.25) is 0 Å². The SMILES string of the molecule is CC(=O)c1ccccc1S(=O)(=O)n1nnc2ccc(C)cc2c1=O. The monoisotopic (exact) mass is 343 g/mol. The summed E-state index contributed by atoms with van der Waals surface area (Å²) in [7, 11) is -4.34. The van der Waals surface area contributed by atoms with Crippen molar-refractivity contribution < 1.29 is 13.2 Å². The summed E-state index contributed by atoms with van der Waals surface area (Å²) in [6.45, 7) is 3.04. The molecule has 0 unspecified atom stereocenters. The van der Waals surface area contributed by atoms with E-state index in [1.807, 2.05) is 0 Å². The zero-order chi connectivity index (χ0) is 17.5. The summed E-state index contributed by atoms with van der Waals surface area (Å²) in [6, 6.07) is 10.6. The Morgan fingerprint density at radius 2 is 1.83 bits per heavy atom. The second-order valence-corrected chi connectivity index (χ2v) is 7.05. The molecule has 0 atom stereocenters. The van der Waals surface area contributed by atoms with Gasteiger partial charge in [-0.05, 0) is 37.3 Å². The van der Waals surface area contributed by atoms with Gasteiger partial charge in [0, 0.05) is 5.56 Å². The van der Waals surface area contributed by atoms with Gasteiger partial charge < -0.3 is 0 Å². The minimum absolute atomic E-state index is 0.00413. The molecule has 0 amide bonds. The van der Waals surface area contributed by atoms with E-state index in [0.29, 0.717) is 9.60 Å². The molecule has 1 aromatic heterocycles. The summed E-state index contributed by atoms with van der Waals surface area (Å²) in [4.78, 5) is 24.0. The van der Waals surface area contributed by atoms with Gasteiger partial charge in [0.15, 0.2) is 5.78 Å². The summed E-state index contributed by atoms with van der Waals surface area (Å²) in [5, 5.41) is 7.48. The van der Waals surface area contributed by atoms with Crippen LogP contribution in [0.3, 0.4) is 0 Å². The number of carbonyl (C=O) groups is 1. The zero-order valence-electron chi connectivity index (χ0n) is 12.9. The van der Waals surface area contributed by atoms with Gasteiger partial charge >= 0.3 is 0 Å². The normalized spacial score (nSPS) is 11.6. The minimum atomic E-state index is -4.34. The highest BCUT2D eigenvalue weighted by Crippen LogP contribution is 2.18. The van der Waals surface area contributed by atoms with Gasteiger partial charge in [0.25, 0.3) is 15.6 Å². The van der Waals surface area contributed by atoms with Crippen molar-refractivity contribution in [2.75, 3.05) is 0 Å². The Morgan fingerprint density at radius 3 is 2.54 bits per heavy atom. The van der Waals surface area contributed by atoms with E-state index in [2.05, 4.69) is 10.3 Å². The first-order valence-electron chi connectivity index (χ1n) is 7.04. The predicted octanol–water partition coefficient (Wildman–Crippen LogP) is 1.54. The topological polar surface area (TPSA) is 99.0 Å². The lowest BCUT2D eigenvalue weighted by molar-refractivity contribution is 0.101. The molecule has 0 fully saturated rings. The standard InChI is InChI=1S/C16H13N3O4S/c1-10-7-8-14-13(9-10)16(21)19(18-17-14)24(22,23)15-6-4-3-5-12(15)11(2)20/h3-9H,1-2H3. The number of aryl methyl sites for hydroxylation is 1. The summed E-state index contributed by atoms with van der Waals surface area (Å²) >= 11 is 0. The van der Waals surface area contributed by atoms with Gasteiger partial charge in [0.05, 0.1) is 5.39 Å². The molecule has 0 aliphatic rings. The van der Waals surface area contributed by atoms with Gasteiger partial charge in [-0.15, -0.1) is 5.10 Å². The Labute approximate surface area is 137 Å². The number of benzene rings is 2. The Kier molecular flexibility index (Phi) is 3.76. The Bertz CT molecular complexity index is 1130. The van der Waals surface area contributed by atoms with Crippen LogP contribution in [-0.4, -0.2) is 28.6 Å². The maximum absolute atomic E-state index is 12.8.